The Labute approximate surface area is 160 Å². The van der Waals surface area contributed by atoms with E-state index in [1.807, 2.05) is 26.8 Å². The summed E-state index contributed by atoms with van der Waals surface area (Å²) in [6.07, 6.45) is 3.72. The zero-order valence-corrected chi connectivity index (χ0v) is 17.6. The largest absolute Gasteiger partial charge is 0.500 e. The van der Waals surface area contributed by atoms with E-state index >= 15 is 0 Å². The van der Waals surface area contributed by atoms with Crippen LogP contribution in [-0.2, 0) is 19.7 Å². The van der Waals surface area contributed by atoms with Gasteiger partial charge in [-0.1, -0.05) is 36.9 Å². The second-order valence-corrected chi connectivity index (χ2v) is 8.84. The van der Waals surface area contributed by atoms with Gasteiger partial charge < -0.3 is 24.3 Å². The van der Waals surface area contributed by atoms with E-state index in [1.165, 1.54) is 5.56 Å². The lowest BCUT2D eigenvalue weighted by atomic mass is 10.0. The molecule has 6 heteroatoms. The van der Waals surface area contributed by atoms with E-state index in [1.54, 1.807) is 0 Å². The van der Waals surface area contributed by atoms with Crippen molar-refractivity contribution in [2.75, 3.05) is 32.9 Å². The maximum absolute atomic E-state index is 5.98. The molecule has 0 aliphatic carbocycles. The first-order chi connectivity index (χ1) is 12.6. The Kier molecular flexibility index (Phi) is 11.7. The van der Waals surface area contributed by atoms with Crippen molar-refractivity contribution >= 4 is 14.9 Å². The lowest BCUT2D eigenvalue weighted by Crippen LogP contribution is -2.47. The zero-order chi connectivity index (χ0) is 19.3. The van der Waals surface area contributed by atoms with Gasteiger partial charge in [0.2, 0.25) is 0 Å². The van der Waals surface area contributed by atoms with Gasteiger partial charge in [0.25, 0.3) is 0 Å². The minimum absolute atomic E-state index is 0.307. The molecular formula is C20H36N2O3Si. The zero-order valence-electron chi connectivity index (χ0n) is 16.6. The van der Waals surface area contributed by atoms with Crippen molar-refractivity contribution in [1.29, 1.82) is 0 Å². The summed E-state index contributed by atoms with van der Waals surface area (Å²) in [4.78, 5) is 0. The summed E-state index contributed by atoms with van der Waals surface area (Å²) in [6.45, 7) is 13.0. The van der Waals surface area contributed by atoms with Crippen LogP contribution >= 0.6 is 0 Å². The molecule has 1 rings (SSSR count). The van der Waals surface area contributed by atoms with E-state index in [2.05, 4.69) is 36.2 Å². The molecular weight excluding hydrogens is 344 g/mol. The number of rotatable bonds is 15. The molecule has 0 aliphatic heterocycles. The fourth-order valence-electron chi connectivity index (χ4n) is 2.99. The van der Waals surface area contributed by atoms with E-state index in [4.69, 9.17) is 19.0 Å². The molecule has 0 heterocycles. The normalized spacial score (nSPS) is 12.9. The van der Waals surface area contributed by atoms with Crippen molar-refractivity contribution in [3.63, 3.8) is 0 Å². The minimum atomic E-state index is -2.61. The SMILES string of the molecule is C=Cc1ccc(CC(CC[Si](OCC)(OCC)OCC)NCCN)cc1. The van der Waals surface area contributed by atoms with Crippen LogP contribution in [0.4, 0.5) is 0 Å². The second-order valence-electron chi connectivity index (χ2n) is 6.11. The topological polar surface area (TPSA) is 65.7 Å². The smallest absolute Gasteiger partial charge is 0.374 e. The van der Waals surface area contributed by atoms with Crippen molar-refractivity contribution in [2.24, 2.45) is 5.73 Å². The third-order valence-corrected chi connectivity index (χ3v) is 7.25. The van der Waals surface area contributed by atoms with Crippen LogP contribution in [-0.4, -0.2) is 47.8 Å². The van der Waals surface area contributed by atoms with Crippen molar-refractivity contribution in [1.82, 2.24) is 5.32 Å². The van der Waals surface area contributed by atoms with E-state index < -0.39 is 8.80 Å². The lowest BCUT2D eigenvalue weighted by Gasteiger charge is -2.30. The summed E-state index contributed by atoms with van der Waals surface area (Å²) in [7, 11) is -2.61. The Bertz CT molecular complexity index is 479. The third-order valence-electron chi connectivity index (χ3n) is 4.17. The van der Waals surface area contributed by atoms with Gasteiger partial charge in [-0.2, -0.15) is 0 Å². The summed E-state index contributed by atoms with van der Waals surface area (Å²) < 4.78 is 17.9. The van der Waals surface area contributed by atoms with Crippen LogP contribution in [0, 0.1) is 0 Å². The van der Waals surface area contributed by atoms with Crippen LogP contribution in [0.15, 0.2) is 30.8 Å². The fraction of sp³-hybridized carbons (Fsp3) is 0.600. The molecule has 0 fully saturated rings. The highest BCUT2D eigenvalue weighted by Gasteiger charge is 2.40. The molecule has 1 aromatic rings. The van der Waals surface area contributed by atoms with Crippen molar-refractivity contribution in [3.8, 4) is 0 Å². The van der Waals surface area contributed by atoms with Gasteiger partial charge >= 0.3 is 8.80 Å². The van der Waals surface area contributed by atoms with E-state index in [9.17, 15) is 0 Å². The number of hydrogen-bond donors (Lipinski definition) is 2. The van der Waals surface area contributed by atoms with E-state index in [0.717, 1.165) is 31.0 Å². The average molecular weight is 381 g/mol. The standard InChI is InChI=1S/C20H36N2O3Si/c1-5-18-9-11-19(12-10-18)17-20(22-15-14-21)13-16-26(23-6-2,24-7-3)25-8-4/h5,9-12,20,22H,1,6-8,13-17,21H2,2-4H3. The van der Waals surface area contributed by atoms with Gasteiger partial charge in [0, 0.05) is 45.0 Å². The van der Waals surface area contributed by atoms with Crippen LogP contribution in [0.2, 0.25) is 6.04 Å². The first-order valence-electron chi connectivity index (χ1n) is 9.69. The Hall–Kier alpha value is -1.02. The van der Waals surface area contributed by atoms with Crippen LogP contribution in [0.3, 0.4) is 0 Å². The van der Waals surface area contributed by atoms with Gasteiger partial charge in [-0.15, -0.1) is 0 Å². The molecule has 1 atom stereocenters. The van der Waals surface area contributed by atoms with Crippen molar-refractivity contribution in [3.05, 3.63) is 42.0 Å². The summed E-state index contributed by atoms with van der Waals surface area (Å²) in [5.41, 5.74) is 8.12. The second kappa shape index (κ2) is 13.2. The van der Waals surface area contributed by atoms with E-state index in [-0.39, 0.29) is 0 Å². The Morgan fingerprint density at radius 3 is 2.12 bits per heavy atom. The van der Waals surface area contributed by atoms with Crippen molar-refractivity contribution < 1.29 is 13.3 Å². The lowest BCUT2D eigenvalue weighted by molar-refractivity contribution is 0.0700. The maximum atomic E-state index is 5.98. The molecule has 148 valence electrons. The number of hydrogen-bond acceptors (Lipinski definition) is 5. The quantitative estimate of drug-likeness (QED) is 0.457. The Balaban J connectivity index is 2.77. The Morgan fingerprint density at radius 2 is 1.65 bits per heavy atom. The molecule has 0 amide bonds. The predicted octanol–water partition coefficient (Wildman–Crippen LogP) is 3.23. The number of benzene rings is 1. The highest BCUT2D eigenvalue weighted by Crippen LogP contribution is 2.21. The molecule has 3 N–H and O–H groups in total. The molecule has 1 unspecified atom stereocenters. The summed E-state index contributed by atoms with van der Waals surface area (Å²) >= 11 is 0. The summed E-state index contributed by atoms with van der Waals surface area (Å²) in [6, 6.07) is 9.62. The van der Waals surface area contributed by atoms with Gasteiger partial charge in [-0.3, -0.25) is 0 Å². The molecule has 5 nitrogen and oxygen atoms in total. The van der Waals surface area contributed by atoms with Gasteiger partial charge in [0.05, 0.1) is 0 Å². The van der Waals surface area contributed by atoms with Gasteiger partial charge in [-0.05, 0) is 44.7 Å². The van der Waals surface area contributed by atoms with Crippen LogP contribution in [0.1, 0.15) is 38.3 Å². The van der Waals surface area contributed by atoms with Crippen LogP contribution < -0.4 is 11.1 Å². The number of nitrogens with one attached hydrogen (secondary N) is 1. The van der Waals surface area contributed by atoms with Gasteiger partial charge in [-0.25, -0.2) is 0 Å². The van der Waals surface area contributed by atoms with Gasteiger partial charge in [0.15, 0.2) is 0 Å². The maximum Gasteiger partial charge on any atom is 0.500 e. The summed E-state index contributed by atoms with van der Waals surface area (Å²) in [5.74, 6) is 0. The van der Waals surface area contributed by atoms with Crippen LogP contribution in [0.5, 0.6) is 0 Å². The molecule has 26 heavy (non-hydrogen) atoms. The third kappa shape index (κ3) is 8.12. The predicted molar refractivity (Wildman–Crippen MR) is 111 cm³/mol. The molecule has 0 aromatic heterocycles. The Morgan fingerprint density at radius 1 is 1.08 bits per heavy atom. The molecule has 0 saturated heterocycles. The first kappa shape index (κ1) is 23.0. The minimum Gasteiger partial charge on any atom is -0.374 e. The highest BCUT2D eigenvalue weighted by molar-refractivity contribution is 6.60. The van der Waals surface area contributed by atoms with Crippen molar-refractivity contribution in [2.45, 2.75) is 45.7 Å². The molecule has 0 saturated carbocycles. The molecule has 0 bridgehead atoms. The highest BCUT2D eigenvalue weighted by atomic mass is 28.4. The number of nitrogens with two attached hydrogens (primary N) is 1. The first-order valence-corrected chi connectivity index (χ1v) is 11.6. The monoisotopic (exact) mass is 380 g/mol. The molecule has 0 aliphatic rings. The van der Waals surface area contributed by atoms with Crippen LogP contribution in [0.25, 0.3) is 6.08 Å². The fourth-order valence-corrected chi connectivity index (χ4v) is 5.69. The van der Waals surface area contributed by atoms with Gasteiger partial charge in [0.1, 0.15) is 0 Å². The summed E-state index contributed by atoms with van der Waals surface area (Å²) in [5, 5.41) is 3.56. The average Bonchev–Trinajstić information content (AvgIpc) is 2.65. The molecule has 1 aromatic carbocycles. The van der Waals surface area contributed by atoms with E-state index in [0.29, 0.717) is 32.4 Å². The molecule has 0 spiro atoms. The molecule has 0 radical (unpaired) electrons.